The van der Waals surface area contributed by atoms with Gasteiger partial charge >= 0.3 is 146 Å². The van der Waals surface area contributed by atoms with Crippen LogP contribution in [-0.2, 0) is 25.9 Å². The Morgan fingerprint density at radius 3 is 2.42 bits per heavy atom. The molecule has 0 saturated heterocycles. The number of allylic oxidation sites excluding steroid dienone is 5. The fraction of sp³-hybridized carbons (Fsp3) is 0.381. The van der Waals surface area contributed by atoms with Crippen LogP contribution in [0.15, 0.2) is 53.1 Å². The number of halogens is 2. The molecule has 1 aromatic carbocycles. The van der Waals surface area contributed by atoms with Gasteiger partial charge in [-0.2, -0.15) is 0 Å². The van der Waals surface area contributed by atoms with Crippen LogP contribution in [0.3, 0.4) is 0 Å². The third kappa shape index (κ3) is 3.64. The SMILES string of the molecule is CCC1=CCC([C]2([Zr]=[C](C)C)C=Cc3ccccc32)=C1CC.Cl.Cl. The first-order valence-electron chi connectivity index (χ1n) is 8.41. The maximum atomic E-state index is 2.55. The van der Waals surface area contributed by atoms with Crippen LogP contribution in [0.2, 0.25) is 0 Å². The van der Waals surface area contributed by atoms with Crippen molar-refractivity contribution in [3.63, 3.8) is 0 Å². The van der Waals surface area contributed by atoms with Crippen LogP contribution in [0, 0.1) is 0 Å². The largest absolute Gasteiger partial charge is 0.147 e. The molecular formula is C21H27Cl2Zr. The van der Waals surface area contributed by atoms with E-state index in [4.69, 9.17) is 0 Å². The number of hydrogen-bond donors (Lipinski definition) is 0. The maximum Gasteiger partial charge on any atom is -0.147 e. The van der Waals surface area contributed by atoms with Gasteiger partial charge in [0.2, 0.25) is 0 Å². The van der Waals surface area contributed by atoms with E-state index in [1.807, 2.05) is 0 Å². The van der Waals surface area contributed by atoms with Gasteiger partial charge in [-0.3, -0.25) is 0 Å². The van der Waals surface area contributed by atoms with Gasteiger partial charge in [0, 0.05) is 0 Å². The summed E-state index contributed by atoms with van der Waals surface area (Å²) in [4.78, 5) is 0. The molecule has 0 spiro atoms. The third-order valence-corrected chi connectivity index (χ3v) is 8.87. The fourth-order valence-electron chi connectivity index (χ4n) is 4.01. The minimum Gasteiger partial charge on any atom is -0.147 e. The van der Waals surface area contributed by atoms with Crippen LogP contribution in [0.25, 0.3) is 6.08 Å². The molecule has 1 atom stereocenters. The molecule has 1 unspecified atom stereocenters. The minimum atomic E-state index is -0.688. The molecule has 0 saturated carbocycles. The number of hydrogen-bond acceptors (Lipinski definition) is 0. The molecule has 0 aromatic heterocycles. The summed E-state index contributed by atoms with van der Waals surface area (Å²) in [7, 11) is 0. The topological polar surface area (TPSA) is 0 Å². The smallest absolute Gasteiger partial charge is 0.147 e. The van der Waals surface area contributed by atoms with Crippen molar-refractivity contribution in [2.45, 2.75) is 50.1 Å². The molecule has 0 aliphatic heterocycles. The molecule has 0 fully saturated rings. The van der Waals surface area contributed by atoms with Crippen LogP contribution in [-0.4, -0.2) is 3.21 Å². The zero-order valence-electron chi connectivity index (χ0n) is 15.0. The normalized spacial score (nSPS) is 20.8. The van der Waals surface area contributed by atoms with Crippen molar-refractivity contribution >= 4 is 34.1 Å². The molecule has 0 heterocycles. The zero-order chi connectivity index (χ0) is 15.7. The van der Waals surface area contributed by atoms with Gasteiger partial charge in [0.15, 0.2) is 0 Å². The molecule has 3 heteroatoms. The molecule has 0 amide bonds. The van der Waals surface area contributed by atoms with Gasteiger partial charge < -0.3 is 0 Å². The molecule has 0 radical (unpaired) electrons. The van der Waals surface area contributed by atoms with E-state index in [9.17, 15) is 0 Å². The summed E-state index contributed by atoms with van der Waals surface area (Å²) in [6, 6.07) is 9.06. The van der Waals surface area contributed by atoms with Crippen LogP contribution in [0.1, 0.15) is 58.1 Å². The summed E-state index contributed by atoms with van der Waals surface area (Å²) in [6.45, 7) is 9.32. The average Bonchev–Trinajstić information content (AvgIpc) is 3.09. The summed E-state index contributed by atoms with van der Waals surface area (Å²) in [6.07, 6.45) is 10.9. The molecule has 0 bridgehead atoms. The standard InChI is InChI=1S/C18H19.C3H6.2ClH.Zr/c1-3-13-9-11-17(15(13)4-2)18-12-10-14-7-5-6-8-16(14)18;1-3-2;;;/h5-10,12H,3-4,11H2,1-2H3;1-2H3;2*1H;. The van der Waals surface area contributed by atoms with Gasteiger partial charge in [-0.15, -0.1) is 24.8 Å². The summed E-state index contributed by atoms with van der Waals surface area (Å²) >= 11 is -0.688. The predicted octanol–water partition coefficient (Wildman–Crippen LogP) is 6.49. The summed E-state index contributed by atoms with van der Waals surface area (Å²) in [5.74, 6) is 0. The monoisotopic (exact) mass is 439 g/mol. The Balaban J connectivity index is 0.00000144. The Kier molecular flexibility index (Phi) is 8.12. The van der Waals surface area contributed by atoms with Crippen molar-refractivity contribution in [3.05, 3.63) is 64.3 Å². The van der Waals surface area contributed by atoms with Crippen molar-refractivity contribution in [2.24, 2.45) is 0 Å². The second-order valence-corrected chi connectivity index (χ2v) is 11.5. The van der Waals surface area contributed by atoms with Gasteiger partial charge in [0.05, 0.1) is 0 Å². The first-order chi connectivity index (χ1) is 10.6. The van der Waals surface area contributed by atoms with Gasteiger partial charge in [0.1, 0.15) is 0 Å². The van der Waals surface area contributed by atoms with Crippen LogP contribution >= 0.6 is 24.8 Å². The molecule has 2 aliphatic rings. The Morgan fingerprint density at radius 2 is 1.79 bits per heavy atom. The van der Waals surface area contributed by atoms with E-state index in [-0.39, 0.29) is 27.9 Å². The average molecular weight is 442 g/mol. The Labute approximate surface area is 170 Å². The molecule has 3 rings (SSSR count). The second kappa shape index (κ2) is 8.93. The molecule has 1 aromatic rings. The van der Waals surface area contributed by atoms with E-state index in [2.05, 4.69) is 70.2 Å². The maximum absolute atomic E-state index is 2.55. The Hall–Kier alpha value is -0.227. The number of benzene rings is 1. The van der Waals surface area contributed by atoms with E-state index in [1.54, 1.807) is 25.5 Å². The first-order valence-corrected chi connectivity index (χ1v) is 10.9. The van der Waals surface area contributed by atoms with E-state index < -0.39 is 22.8 Å². The molecule has 0 N–H and O–H groups in total. The van der Waals surface area contributed by atoms with Gasteiger partial charge in [0.25, 0.3) is 0 Å². The molecule has 0 nitrogen and oxygen atoms in total. The van der Waals surface area contributed by atoms with Crippen LogP contribution in [0.4, 0.5) is 0 Å². The second-order valence-electron chi connectivity index (χ2n) is 6.45. The van der Waals surface area contributed by atoms with E-state index >= 15 is 0 Å². The third-order valence-electron chi connectivity index (χ3n) is 4.86. The van der Waals surface area contributed by atoms with Gasteiger partial charge in [-0.1, -0.05) is 0 Å². The quantitative estimate of drug-likeness (QED) is 0.501. The van der Waals surface area contributed by atoms with Gasteiger partial charge in [-0.25, -0.2) is 0 Å². The predicted molar refractivity (Wildman–Crippen MR) is 108 cm³/mol. The first kappa shape index (κ1) is 21.8. The van der Waals surface area contributed by atoms with Crippen LogP contribution < -0.4 is 0 Å². The van der Waals surface area contributed by atoms with Crippen molar-refractivity contribution in [1.82, 2.24) is 0 Å². The number of rotatable bonds is 4. The van der Waals surface area contributed by atoms with Gasteiger partial charge in [-0.05, 0) is 0 Å². The van der Waals surface area contributed by atoms with Crippen molar-refractivity contribution in [1.29, 1.82) is 0 Å². The van der Waals surface area contributed by atoms with E-state index in [0.29, 0.717) is 0 Å². The van der Waals surface area contributed by atoms with Crippen molar-refractivity contribution in [3.8, 4) is 0 Å². The zero-order valence-corrected chi connectivity index (χ0v) is 19.1. The minimum absolute atomic E-state index is 0. The molecular weight excluding hydrogens is 414 g/mol. The molecule has 129 valence electrons. The summed E-state index contributed by atoms with van der Waals surface area (Å²) in [5.41, 5.74) is 8.00. The summed E-state index contributed by atoms with van der Waals surface area (Å²) in [5, 5.41) is 0. The number of fused-ring (bicyclic) bond motifs is 1. The Bertz CT molecular complexity index is 721. The van der Waals surface area contributed by atoms with Crippen LogP contribution in [0.5, 0.6) is 0 Å². The van der Waals surface area contributed by atoms with Crippen molar-refractivity contribution < 1.29 is 22.8 Å². The van der Waals surface area contributed by atoms with Crippen molar-refractivity contribution in [2.75, 3.05) is 0 Å². The van der Waals surface area contributed by atoms with E-state index in [0.717, 1.165) is 0 Å². The summed E-state index contributed by atoms with van der Waals surface area (Å²) < 4.78 is 1.94. The van der Waals surface area contributed by atoms with E-state index in [1.165, 1.54) is 24.8 Å². The fourth-order valence-corrected chi connectivity index (χ4v) is 8.24. The Morgan fingerprint density at radius 1 is 1.08 bits per heavy atom. The molecule has 24 heavy (non-hydrogen) atoms. The molecule has 2 aliphatic carbocycles.